The number of benzene rings is 1. The van der Waals surface area contributed by atoms with Crippen LogP contribution in [0, 0.1) is 17.5 Å². The van der Waals surface area contributed by atoms with E-state index < -0.39 is 32.5 Å². The van der Waals surface area contributed by atoms with Crippen molar-refractivity contribution in [2.24, 2.45) is 5.73 Å². The van der Waals surface area contributed by atoms with Crippen molar-refractivity contribution in [2.45, 2.75) is 18.4 Å². The molecule has 1 nitrogen and oxygen atoms in total. The van der Waals surface area contributed by atoms with Gasteiger partial charge in [0.05, 0.1) is 9.50 Å². The summed E-state index contributed by atoms with van der Waals surface area (Å²) in [6.07, 6.45) is 0.953. The van der Waals surface area contributed by atoms with Crippen molar-refractivity contribution >= 4 is 27.5 Å². The third kappa shape index (κ3) is 1.57. The van der Waals surface area contributed by atoms with Gasteiger partial charge in [-0.05, 0) is 28.8 Å². The Morgan fingerprint density at radius 2 is 1.67 bits per heavy atom. The molecule has 1 aromatic carbocycles. The molecule has 0 heterocycles. The highest BCUT2D eigenvalue weighted by atomic mass is 79.9. The van der Waals surface area contributed by atoms with Crippen LogP contribution in [0.1, 0.15) is 18.4 Å². The SMILES string of the molecule is NC1(c2c(F)c(F)c(Br)c(F)c2Cl)CC1. The van der Waals surface area contributed by atoms with Gasteiger partial charge in [0.1, 0.15) is 0 Å². The van der Waals surface area contributed by atoms with Gasteiger partial charge in [-0.3, -0.25) is 0 Å². The summed E-state index contributed by atoms with van der Waals surface area (Å²) in [4.78, 5) is 0. The van der Waals surface area contributed by atoms with Gasteiger partial charge in [-0.1, -0.05) is 11.6 Å². The van der Waals surface area contributed by atoms with E-state index in [0.717, 1.165) is 0 Å². The highest BCUT2D eigenvalue weighted by Gasteiger charge is 2.45. The zero-order chi connectivity index (χ0) is 11.4. The lowest BCUT2D eigenvalue weighted by Crippen LogP contribution is -2.22. The molecule has 0 radical (unpaired) electrons. The van der Waals surface area contributed by atoms with Crippen LogP contribution in [0.3, 0.4) is 0 Å². The van der Waals surface area contributed by atoms with E-state index >= 15 is 0 Å². The fraction of sp³-hybridized carbons (Fsp3) is 0.333. The second-order valence-electron chi connectivity index (χ2n) is 3.60. The molecule has 1 aliphatic carbocycles. The quantitative estimate of drug-likeness (QED) is 0.624. The Balaban J connectivity index is 2.74. The van der Waals surface area contributed by atoms with Gasteiger partial charge >= 0.3 is 0 Å². The van der Waals surface area contributed by atoms with E-state index in [1.807, 2.05) is 0 Å². The van der Waals surface area contributed by atoms with Crippen LogP contribution in [-0.2, 0) is 5.54 Å². The fourth-order valence-corrected chi connectivity index (χ4v) is 2.28. The van der Waals surface area contributed by atoms with Crippen LogP contribution in [0.5, 0.6) is 0 Å². The average molecular weight is 301 g/mol. The summed E-state index contributed by atoms with van der Waals surface area (Å²) < 4.78 is 39.5. The summed E-state index contributed by atoms with van der Waals surface area (Å²) in [6, 6.07) is 0. The minimum atomic E-state index is -1.29. The van der Waals surface area contributed by atoms with E-state index in [0.29, 0.717) is 12.8 Å². The summed E-state index contributed by atoms with van der Waals surface area (Å²) in [5, 5.41) is -0.444. The number of hydrogen-bond donors (Lipinski definition) is 1. The molecule has 15 heavy (non-hydrogen) atoms. The molecule has 1 saturated carbocycles. The van der Waals surface area contributed by atoms with Crippen LogP contribution in [0.25, 0.3) is 0 Å². The molecule has 6 heteroatoms. The maximum absolute atomic E-state index is 13.5. The molecule has 0 aromatic heterocycles. The summed E-state index contributed by atoms with van der Waals surface area (Å²) in [5.74, 6) is -3.47. The summed E-state index contributed by atoms with van der Waals surface area (Å²) in [5.41, 5.74) is 4.41. The van der Waals surface area contributed by atoms with Gasteiger partial charge in [-0.15, -0.1) is 0 Å². The Bertz CT molecular complexity index is 416. The maximum Gasteiger partial charge on any atom is 0.176 e. The maximum atomic E-state index is 13.5. The van der Waals surface area contributed by atoms with Crippen molar-refractivity contribution in [1.82, 2.24) is 0 Å². The second-order valence-corrected chi connectivity index (χ2v) is 4.77. The average Bonchev–Trinajstić information content (AvgIpc) is 2.91. The molecule has 82 valence electrons. The molecule has 2 N–H and O–H groups in total. The number of rotatable bonds is 1. The van der Waals surface area contributed by atoms with Crippen LogP contribution in [0.15, 0.2) is 4.47 Å². The Morgan fingerprint density at radius 3 is 2.13 bits per heavy atom. The number of hydrogen-bond acceptors (Lipinski definition) is 1. The first kappa shape index (κ1) is 11.2. The monoisotopic (exact) mass is 299 g/mol. The zero-order valence-electron chi connectivity index (χ0n) is 7.38. The molecular weight excluding hydrogens is 294 g/mol. The van der Waals surface area contributed by atoms with Crippen molar-refractivity contribution in [1.29, 1.82) is 0 Å². The minimum absolute atomic E-state index is 0.262. The lowest BCUT2D eigenvalue weighted by molar-refractivity contribution is 0.466. The Labute approximate surface area is 97.5 Å². The molecule has 0 amide bonds. The molecule has 0 spiro atoms. The van der Waals surface area contributed by atoms with Crippen molar-refractivity contribution in [3.8, 4) is 0 Å². The molecule has 2 rings (SSSR count). The predicted octanol–water partition coefficient (Wildman–Crippen LogP) is 3.47. The van der Waals surface area contributed by atoms with Crippen LogP contribution in [0.2, 0.25) is 5.02 Å². The van der Waals surface area contributed by atoms with Crippen LogP contribution in [-0.4, -0.2) is 0 Å². The van der Waals surface area contributed by atoms with E-state index in [2.05, 4.69) is 15.9 Å². The van der Waals surface area contributed by atoms with Gasteiger partial charge < -0.3 is 5.73 Å². The van der Waals surface area contributed by atoms with Gasteiger partial charge in [0.15, 0.2) is 17.5 Å². The smallest absolute Gasteiger partial charge is 0.176 e. The fourth-order valence-electron chi connectivity index (χ4n) is 1.43. The van der Waals surface area contributed by atoms with Crippen LogP contribution >= 0.6 is 27.5 Å². The van der Waals surface area contributed by atoms with Gasteiger partial charge in [0.2, 0.25) is 0 Å². The van der Waals surface area contributed by atoms with Crippen molar-refractivity contribution in [2.75, 3.05) is 0 Å². The van der Waals surface area contributed by atoms with Crippen LogP contribution < -0.4 is 5.73 Å². The van der Waals surface area contributed by atoms with E-state index in [1.54, 1.807) is 0 Å². The standard InChI is InChI=1S/C9H6BrClF3N/c10-4-7(13)5(11)3(6(12)8(4)14)9(15)1-2-9/h1-2,15H2. The Morgan fingerprint density at radius 1 is 1.13 bits per heavy atom. The highest BCUT2D eigenvalue weighted by Crippen LogP contribution is 2.48. The molecule has 0 saturated heterocycles. The topological polar surface area (TPSA) is 26.0 Å². The van der Waals surface area contributed by atoms with Gasteiger partial charge in [0.25, 0.3) is 0 Å². The largest absolute Gasteiger partial charge is 0.321 e. The lowest BCUT2D eigenvalue weighted by Gasteiger charge is -2.14. The third-order valence-corrected chi connectivity index (χ3v) is 3.55. The summed E-state index contributed by atoms with van der Waals surface area (Å²) in [7, 11) is 0. The van der Waals surface area contributed by atoms with Crippen molar-refractivity contribution in [3.63, 3.8) is 0 Å². The highest BCUT2D eigenvalue weighted by molar-refractivity contribution is 9.10. The van der Waals surface area contributed by atoms with E-state index in [9.17, 15) is 13.2 Å². The first-order chi connectivity index (χ1) is 6.88. The molecule has 1 aromatic rings. The molecular formula is C9H6BrClF3N. The second kappa shape index (κ2) is 3.37. The Kier molecular flexibility index (Phi) is 2.52. The van der Waals surface area contributed by atoms with Crippen molar-refractivity contribution in [3.05, 3.63) is 32.5 Å². The first-order valence-corrected chi connectivity index (χ1v) is 5.36. The Hall–Kier alpha value is -0.260. The third-order valence-electron chi connectivity index (χ3n) is 2.50. The van der Waals surface area contributed by atoms with E-state index in [4.69, 9.17) is 17.3 Å². The zero-order valence-corrected chi connectivity index (χ0v) is 9.72. The molecule has 0 atom stereocenters. The first-order valence-electron chi connectivity index (χ1n) is 4.19. The van der Waals surface area contributed by atoms with E-state index in [-0.39, 0.29) is 5.56 Å². The minimum Gasteiger partial charge on any atom is -0.321 e. The summed E-state index contributed by atoms with van der Waals surface area (Å²) >= 11 is 8.20. The molecule has 0 unspecified atom stereocenters. The molecule has 1 aliphatic rings. The van der Waals surface area contributed by atoms with Crippen LogP contribution in [0.4, 0.5) is 13.2 Å². The number of nitrogens with two attached hydrogens (primary N) is 1. The number of halogens is 5. The van der Waals surface area contributed by atoms with Crippen molar-refractivity contribution < 1.29 is 13.2 Å². The summed E-state index contributed by atoms with van der Waals surface area (Å²) in [6.45, 7) is 0. The predicted molar refractivity (Wildman–Crippen MR) is 54.1 cm³/mol. The molecule has 0 aliphatic heterocycles. The van der Waals surface area contributed by atoms with Gasteiger partial charge in [-0.25, -0.2) is 13.2 Å². The molecule has 0 bridgehead atoms. The van der Waals surface area contributed by atoms with Gasteiger partial charge in [-0.2, -0.15) is 0 Å². The lowest BCUT2D eigenvalue weighted by atomic mass is 10.0. The molecule has 1 fully saturated rings. The van der Waals surface area contributed by atoms with Gasteiger partial charge in [0, 0.05) is 11.1 Å². The normalized spacial score (nSPS) is 18.0. The van der Waals surface area contributed by atoms with E-state index in [1.165, 1.54) is 0 Å².